The molecular weight excluding hydrogens is 593 g/mol. The van der Waals surface area contributed by atoms with Gasteiger partial charge in [0.05, 0.1) is 19.3 Å². The summed E-state index contributed by atoms with van der Waals surface area (Å²) in [5.74, 6) is -0.207. The van der Waals surface area contributed by atoms with Gasteiger partial charge in [0.25, 0.3) is 5.91 Å². The first-order chi connectivity index (χ1) is 20.1. The molecule has 4 heterocycles. The number of morpholine rings is 1. The average molecular weight is 629 g/mol. The fraction of sp³-hybridized carbons (Fsp3) is 0.452. The molecule has 2 amide bonds. The summed E-state index contributed by atoms with van der Waals surface area (Å²) in [6, 6.07) is 14.5. The summed E-state index contributed by atoms with van der Waals surface area (Å²) in [7, 11) is 0. The van der Waals surface area contributed by atoms with Gasteiger partial charge in [-0.05, 0) is 66.4 Å². The maximum atomic E-state index is 14.4. The number of carbonyl (C=O) groups is 2. The smallest absolute Gasteiger partial charge is 0.263 e. The number of thioether (sulfide) groups is 1. The third kappa shape index (κ3) is 5.13. The van der Waals surface area contributed by atoms with Crippen molar-refractivity contribution in [3.63, 3.8) is 0 Å². The van der Waals surface area contributed by atoms with Crippen LogP contribution in [0.1, 0.15) is 44.4 Å². The number of nitrogens with zero attached hydrogens (tertiary/aromatic N) is 4. The Morgan fingerprint density at radius 3 is 2.29 bits per heavy atom. The zero-order valence-electron chi connectivity index (χ0n) is 23.9. The number of hydrogen-bond acceptors (Lipinski definition) is 7. The van der Waals surface area contributed by atoms with Gasteiger partial charge in [-0.3, -0.25) is 9.59 Å². The molecule has 2 N–H and O–H groups in total. The van der Waals surface area contributed by atoms with Crippen LogP contribution in [0.2, 0.25) is 10.0 Å². The third-order valence-electron chi connectivity index (χ3n) is 8.57. The quantitative estimate of drug-likeness (QED) is 0.500. The topological polar surface area (TPSA) is 91.5 Å². The molecule has 2 aromatic rings. The molecule has 0 aromatic heterocycles. The molecule has 0 saturated carbocycles. The van der Waals surface area contributed by atoms with Crippen LogP contribution < -0.4 is 5.73 Å². The van der Waals surface area contributed by atoms with Crippen LogP contribution in [0.15, 0.2) is 64.1 Å². The number of benzene rings is 2. The van der Waals surface area contributed by atoms with Crippen molar-refractivity contribution >= 4 is 51.9 Å². The summed E-state index contributed by atoms with van der Waals surface area (Å²) < 4.78 is 5.44. The first-order valence-corrected chi connectivity index (χ1v) is 15.9. The highest BCUT2D eigenvalue weighted by atomic mass is 35.5. The van der Waals surface area contributed by atoms with Crippen molar-refractivity contribution in [2.24, 2.45) is 16.6 Å². The van der Waals surface area contributed by atoms with E-state index in [9.17, 15) is 9.59 Å². The number of halogens is 2. The third-order valence-corrected chi connectivity index (χ3v) is 10.1. The molecule has 42 heavy (non-hydrogen) atoms. The normalized spacial score (nSPS) is 27.6. The van der Waals surface area contributed by atoms with Gasteiger partial charge in [-0.15, -0.1) is 0 Å². The van der Waals surface area contributed by atoms with Gasteiger partial charge in [0.2, 0.25) is 5.91 Å². The Balaban J connectivity index is 1.40. The molecule has 11 heteroatoms. The van der Waals surface area contributed by atoms with Crippen LogP contribution in [0.4, 0.5) is 0 Å². The van der Waals surface area contributed by atoms with E-state index in [0.29, 0.717) is 54.2 Å². The zero-order chi connectivity index (χ0) is 29.8. The molecule has 2 saturated heterocycles. The Hall–Kier alpha value is -2.56. The summed E-state index contributed by atoms with van der Waals surface area (Å²) in [4.78, 5) is 39.5. The molecule has 4 atom stereocenters. The van der Waals surface area contributed by atoms with Gasteiger partial charge in [-0.2, -0.15) is 0 Å². The van der Waals surface area contributed by atoms with Crippen molar-refractivity contribution < 1.29 is 14.3 Å². The van der Waals surface area contributed by atoms with E-state index in [1.807, 2.05) is 48.5 Å². The molecular formula is C31H35Cl2N5O3S. The van der Waals surface area contributed by atoms with Gasteiger partial charge in [0.15, 0.2) is 5.17 Å². The van der Waals surface area contributed by atoms with E-state index in [4.69, 9.17) is 38.7 Å². The Morgan fingerprint density at radius 2 is 1.67 bits per heavy atom. The predicted molar refractivity (Wildman–Crippen MR) is 167 cm³/mol. The van der Waals surface area contributed by atoms with Crippen molar-refractivity contribution in [2.75, 3.05) is 32.8 Å². The van der Waals surface area contributed by atoms with E-state index in [0.717, 1.165) is 22.0 Å². The van der Waals surface area contributed by atoms with Crippen LogP contribution >= 0.6 is 35.0 Å². The second kappa shape index (κ2) is 11.5. The summed E-state index contributed by atoms with van der Waals surface area (Å²) in [5, 5.41) is 2.07. The average Bonchev–Trinajstić information content (AvgIpc) is 3.63. The lowest BCUT2D eigenvalue weighted by molar-refractivity contribution is -0.144. The first kappa shape index (κ1) is 29.5. The van der Waals surface area contributed by atoms with Crippen LogP contribution in [0.25, 0.3) is 0 Å². The molecule has 0 bridgehead atoms. The van der Waals surface area contributed by atoms with Crippen molar-refractivity contribution in [3.05, 3.63) is 80.3 Å². The second-order valence-corrected chi connectivity index (χ2v) is 13.6. The standard InChI is InChI=1S/C31H35Cl2N5O3S/c1-18(2)25-26(29(40)37-17-23(34)16-24(37)28(39)36-12-14-41-15-13-36)42-30-35-31(3,20-6-10-22(33)11-7-20)27(38(25)30)19-4-8-21(32)9-5-19/h4-11,18,23-24,27H,12-17,34H2,1-3H3/t23-,24-,27+,31-/m0/s1. The van der Waals surface area contributed by atoms with Crippen molar-refractivity contribution in [1.82, 2.24) is 14.7 Å². The number of ether oxygens (including phenoxy) is 1. The number of nitrogens with two attached hydrogens (primary N) is 1. The number of rotatable bonds is 5. The van der Waals surface area contributed by atoms with Crippen LogP contribution in [0, 0.1) is 5.92 Å². The molecule has 4 aliphatic rings. The minimum atomic E-state index is -0.652. The highest BCUT2D eigenvalue weighted by Gasteiger charge is 2.54. The minimum absolute atomic E-state index is 0.0104. The largest absolute Gasteiger partial charge is 0.378 e. The minimum Gasteiger partial charge on any atom is -0.378 e. The molecule has 8 nitrogen and oxygen atoms in total. The Bertz CT molecular complexity index is 1440. The molecule has 0 aliphatic carbocycles. The summed E-state index contributed by atoms with van der Waals surface area (Å²) >= 11 is 13.9. The fourth-order valence-electron chi connectivity index (χ4n) is 6.52. The lowest BCUT2D eigenvalue weighted by atomic mass is 9.81. The molecule has 222 valence electrons. The number of amides is 2. The van der Waals surface area contributed by atoms with Crippen molar-refractivity contribution in [3.8, 4) is 0 Å². The van der Waals surface area contributed by atoms with Gasteiger partial charge in [-0.1, -0.05) is 61.3 Å². The van der Waals surface area contributed by atoms with Crippen molar-refractivity contribution in [2.45, 2.75) is 50.9 Å². The highest BCUT2D eigenvalue weighted by Crippen LogP contribution is 2.56. The Labute approximate surface area is 260 Å². The second-order valence-electron chi connectivity index (χ2n) is 11.8. The van der Waals surface area contributed by atoms with Gasteiger partial charge in [0.1, 0.15) is 16.5 Å². The van der Waals surface area contributed by atoms with Crippen LogP contribution in [-0.2, 0) is 19.9 Å². The van der Waals surface area contributed by atoms with E-state index < -0.39 is 11.6 Å². The fourth-order valence-corrected chi connectivity index (χ4v) is 8.13. The molecule has 6 rings (SSSR count). The van der Waals surface area contributed by atoms with Gasteiger partial charge in [0, 0.05) is 41.4 Å². The molecule has 2 aromatic carbocycles. The summed E-state index contributed by atoms with van der Waals surface area (Å²) in [6.45, 7) is 8.70. The Morgan fingerprint density at radius 1 is 1.05 bits per heavy atom. The van der Waals surface area contributed by atoms with Gasteiger partial charge < -0.3 is 25.2 Å². The van der Waals surface area contributed by atoms with Crippen LogP contribution in [0.5, 0.6) is 0 Å². The van der Waals surface area contributed by atoms with E-state index in [1.165, 1.54) is 11.8 Å². The van der Waals surface area contributed by atoms with E-state index in [2.05, 4.69) is 25.7 Å². The van der Waals surface area contributed by atoms with E-state index in [1.54, 1.807) is 9.80 Å². The molecule has 4 aliphatic heterocycles. The number of amidine groups is 1. The summed E-state index contributed by atoms with van der Waals surface area (Å²) in [5.41, 5.74) is 8.66. The zero-order valence-corrected chi connectivity index (χ0v) is 26.3. The maximum absolute atomic E-state index is 14.4. The lowest BCUT2D eigenvalue weighted by Crippen LogP contribution is -2.51. The highest BCUT2D eigenvalue weighted by molar-refractivity contribution is 8.18. The Kier molecular flexibility index (Phi) is 8.08. The number of aliphatic imine (C=N–C) groups is 1. The molecule has 0 radical (unpaired) electrons. The SMILES string of the molecule is CC(C)C1=C(C(=O)N2C[C@@H](N)C[C@H]2C(=O)N2CCOCC2)SC2=N[C@@](C)(c3ccc(Cl)cc3)[C@@H](c3ccc(Cl)cc3)N21. The lowest BCUT2D eigenvalue weighted by Gasteiger charge is -2.37. The summed E-state index contributed by atoms with van der Waals surface area (Å²) in [6.07, 6.45) is 0.448. The van der Waals surface area contributed by atoms with Crippen molar-refractivity contribution in [1.29, 1.82) is 0 Å². The van der Waals surface area contributed by atoms with Crippen LogP contribution in [-0.4, -0.2) is 76.6 Å². The monoisotopic (exact) mass is 627 g/mol. The van der Waals surface area contributed by atoms with Crippen LogP contribution in [0.3, 0.4) is 0 Å². The number of hydrogen-bond donors (Lipinski definition) is 1. The molecule has 0 unspecified atom stereocenters. The van der Waals surface area contributed by atoms with Gasteiger partial charge in [-0.25, -0.2) is 4.99 Å². The number of likely N-dealkylation sites (tertiary alicyclic amines) is 1. The number of fused-ring (bicyclic) bond motifs is 1. The number of allylic oxidation sites excluding steroid dienone is 1. The van der Waals surface area contributed by atoms with E-state index >= 15 is 0 Å². The molecule has 0 spiro atoms. The number of carbonyl (C=O) groups excluding carboxylic acids is 2. The van der Waals surface area contributed by atoms with E-state index in [-0.39, 0.29) is 29.8 Å². The molecule has 2 fully saturated rings. The van der Waals surface area contributed by atoms with Gasteiger partial charge >= 0.3 is 0 Å². The first-order valence-electron chi connectivity index (χ1n) is 14.3. The predicted octanol–water partition coefficient (Wildman–Crippen LogP) is 5.02. The maximum Gasteiger partial charge on any atom is 0.263 e.